The maximum absolute atomic E-state index is 12.6. The van der Waals surface area contributed by atoms with E-state index in [0.29, 0.717) is 0 Å². The molecule has 0 atom stereocenters. The molecule has 0 bridgehead atoms. The predicted molar refractivity (Wildman–Crippen MR) is 71.3 cm³/mol. The van der Waals surface area contributed by atoms with Gasteiger partial charge in [-0.15, -0.1) is 0 Å². The maximum Gasteiger partial charge on any atom is 0.416 e. The van der Waals surface area contributed by atoms with Crippen molar-refractivity contribution in [3.8, 4) is 0 Å². The quantitative estimate of drug-likeness (QED) is 0.584. The zero-order valence-electron chi connectivity index (χ0n) is 11.2. The van der Waals surface area contributed by atoms with Crippen LogP contribution in [0, 0.1) is 0 Å². The van der Waals surface area contributed by atoms with Gasteiger partial charge in [-0.2, -0.15) is 13.2 Å². The number of halogens is 4. The van der Waals surface area contributed by atoms with Crippen LogP contribution in [0.1, 0.15) is 31.9 Å². The van der Waals surface area contributed by atoms with E-state index in [4.69, 9.17) is 16.3 Å². The van der Waals surface area contributed by atoms with E-state index in [9.17, 15) is 18.0 Å². The summed E-state index contributed by atoms with van der Waals surface area (Å²) in [5.74, 6) is -0.647. The van der Waals surface area contributed by atoms with Crippen molar-refractivity contribution in [2.24, 2.45) is 0 Å². The first-order valence-corrected chi connectivity index (χ1v) is 6.14. The Kier molecular flexibility index (Phi) is 4.86. The normalized spacial score (nSPS) is 12.8. The van der Waals surface area contributed by atoms with Crippen LogP contribution in [0.2, 0.25) is 5.02 Å². The van der Waals surface area contributed by atoms with Crippen molar-refractivity contribution in [1.82, 2.24) is 0 Å². The van der Waals surface area contributed by atoms with Crippen molar-refractivity contribution >= 4 is 23.6 Å². The molecule has 1 aromatic carbocycles. The molecule has 0 amide bonds. The lowest BCUT2D eigenvalue weighted by molar-refractivity contribution is -0.148. The Morgan fingerprint density at radius 1 is 1.25 bits per heavy atom. The van der Waals surface area contributed by atoms with Crippen molar-refractivity contribution < 1.29 is 22.7 Å². The summed E-state index contributed by atoms with van der Waals surface area (Å²) in [5.41, 5.74) is -1.39. The summed E-state index contributed by atoms with van der Waals surface area (Å²) in [6.07, 6.45) is -2.21. The predicted octanol–water partition coefficient (Wildman–Crippen LogP) is 4.71. The van der Waals surface area contributed by atoms with Gasteiger partial charge >= 0.3 is 12.1 Å². The van der Waals surface area contributed by atoms with Gasteiger partial charge in [-0.1, -0.05) is 11.6 Å². The van der Waals surface area contributed by atoms with Gasteiger partial charge < -0.3 is 4.74 Å². The molecule has 0 aliphatic rings. The zero-order chi connectivity index (χ0) is 15.6. The van der Waals surface area contributed by atoms with Gasteiger partial charge in [-0.3, -0.25) is 0 Å². The van der Waals surface area contributed by atoms with E-state index < -0.39 is 23.3 Å². The standard InChI is InChI=1S/C14H14ClF3O2/c1-13(2,3)20-12(19)7-4-9-8-10(14(16,17)18)5-6-11(9)15/h4-8H,1-3H3/b7-4+. The summed E-state index contributed by atoms with van der Waals surface area (Å²) in [6, 6.07) is 2.90. The maximum atomic E-state index is 12.6. The smallest absolute Gasteiger partial charge is 0.416 e. The Bertz CT molecular complexity index is 528. The minimum absolute atomic E-state index is 0.104. The van der Waals surface area contributed by atoms with Crippen molar-refractivity contribution in [2.75, 3.05) is 0 Å². The number of benzene rings is 1. The van der Waals surface area contributed by atoms with Gasteiger partial charge in [0.05, 0.1) is 5.56 Å². The topological polar surface area (TPSA) is 26.3 Å². The molecule has 2 nitrogen and oxygen atoms in total. The lowest BCUT2D eigenvalue weighted by Gasteiger charge is -2.17. The molecule has 0 aromatic heterocycles. The number of hydrogen-bond donors (Lipinski definition) is 0. The Balaban J connectivity index is 2.95. The fourth-order valence-electron chi connectivity index (χ4n) is 1.34. The average Bonchev–Trinajstić information content (AvgIpc) is 2.24. The fourth-order valence-corrected chi connectivity index (χ4v) is 1.52. The van der Waals surface area contributed by atoms with Gasteiger partial charge in [-0.25, -0.2) is 4.79 Å². The van der Waals surface area contributed by atoms with Crippen LogP contribution in [-0.2, 0) is 15.7 Å². The molecular weight excluding hydrogens is 293 g/mol. The molecule has 0 spiro atoms. The summed E-state index contributed by atoms with van der Waals surface area (Å²) in [4.78, 5) is 11.5. The van der Waals surface area contributed by atoms with Crippen LogP contribution in [0.25, 0.3) is 6.08 Å². The molecule has 6 heteroatoms. The van der Waals surface area contributed by atoms with Crippen LogP contribution < -0.4 is 0 Å². The highest BCUT2D eigenvalue weighted by molar-refractivity contribution is 6.32. The van der Waals surface area contributed by atoms with Crippen LogP contribution >= 0.6 is 11.6 Å². The molecule has 0 heterocycles. The molecule has 0 fully saturated rings. The largest absolute Gasteiger partial charge is 0.457 e. The molecule has 0 N–H and O–H groups in total. The van der Waals surface area contributed by atoms with Gasteiger partial charge in [0.15, 0.2) is 0 Å². The second-order valence-corrected chi connectivity index (χ2v) is 5.51. The van der Waals surface area contributed by atoms with Crippen LogP contribution in [0.3, 0.4) is 0 Å². The molecule has 110 valence electrons. The van der Waals surface area contributed by atoms with E-state index in [2.05, 4.69) is 0 Å². The van der Waals surface area contributed by atoms with Crippen molar-refractivity contribution in [3.05, 3.63) is 40.4 Å². The van der Waals surface area contributed by atoms with Crippen LogP contribution in [0.4, 0.5) is 13.2 Å². The molecule has 20 heavy (non-hydrogen) atoms. The number of carbonyl (C=O) groups is 1. The summed E-state index contributed by atoms with van der Waals surface area (Å²) in [6.45, 7) is 5.07. The third-order valence-electron chi connectivity index (χ3n) is 2.13. The summed E-state index contributed by atoms with van der Waals surface area (Å²) < 4.78 is 42.7. The highest BCUT2D eigenvalue weighted by Gasteiger charge is 2.30. The van der Waals surface area contributed by atoms with Crippen molar-refractivity contribution in [2.45, 2.75) is 32.5 Å². The van der Waals surface area contributed by atoms with E-state index in [1.807, 2.05) is 0 Å². The lowest BCUT2D eigenvalue weighted by Crippen LogP contribution is -2.22. The van der Waals surface area contributed by atoms with Gasteiger partial charge in [0.2, 0.25) is 0 Å². The molecule has 0 saturated heterocycles. The highest BCUT2D eigenvalue weighted by Crippen LogP contribution is 2.32. The molecular formula is C14H14ClF3O2. The Morgan fingerprint density at radius 3 is 2.35 bits per heavy atom. The van der Waals surface area contributed by atoms with E-state index in [-0.39, 0.29) is 10.6 Å². The molecule has 0 unspecified atom stereocenters. The van der Waals surface area contributed by atoms with E-state index in [1.54, 1.807) is 20.8 Å². The first kappa shape index (κ1) is 16.6. The van der Waals surface area contributed by atoms with Gasteiger partial charge in [0, 0.05) is 11.1 Å². The second kappa shape index (κ2) is 5.87. The average molecular weight is 307 g/mol. The van der Waals surface area contributed by atoms with Crippen LogP contribution in [0.15, 0.2) is 24.3 Å². The SMILES string of the molecule is CC(C)(C)OC(=O)/C=C/c1cc(C(F)(F)F)ccc1Cl. The highest BCUT2D eigenvalue weighted by atomic mass is 35.5. The monoisotopic (exact) mass is 306 g/mol. The molecule has 0 radical (unpaired) electrons. The second-order valence-electron chi connectivity index (χ2n) is 5.10. The fraction of sp³-hybridized carbons (Fsp3) is 0.357. The first-order chi connectivity index (χ1) is 8.99. The summed E-state index contributed by atoms with van der Waals surface area (Å²) in [5, 5.41) is 0.123. The minimum atomic E-state index is -4.46. The van der Waals surface area contributed by atoms with Gasteiger partial charge in [-0.05, 0) is 50.6 Å². The van der Waals surface area contributed by atoms with E-state index in [1.165, 1.54) is 6.08 Å². The third kappa shape index (κ3) is 5.25. The van der Waals surface area contributed by atoms with E-state index in [0.717, 1.165) is 24.3 Å². The Labute approximate surface area is 120 Å². The number of hydrogen-bond acceptors (Lipinski definition) is 2. The number of ether oxygens (including phenoxy) is 1. The van der Waals surface area contributed by atoms with Gasteiger partial charge in [0.1, 0.15) is 5.60 Å². The molecule has 0 aliphatic heterocycles. The summed E-state index contributed by atoms with van der Waals surface area (Å²) in [7, 11) is 0. The van der Waals surface area contributed by atoms with E-state index >= 15 is 0 Å². The number of carbonyl (C=O) groups excluding carboxylic acids is 1. The number of rotatable bonds is 2. The Morgan fingerprint density at radius 2 is 1.85 bits per heavy atom. The zero-order valence-corrected chi connectivity index (χ0v) is 12.0. The first-order valence-electron chi connectivity index (χ1n) is 5.77. The van der Waals surface area contributed by atoms with Crippen LogP contribution in [0.5, 0.6) is 0 Å². The number of alkyl halides is 3. The lowest BCUT2D eigenvalue weighted by atomic mass is 10.1. The minimum Gasteiger partial charge on any atom is -0.457 e. The molecule has 1 aromatic rings. The van der Waals surface area contributed by atoms with Crippen molar-refractivity contribution in [1.29, 1.82) is 0 Å². The van der Waals surface area contributed by atoms with Crippen molar-refractivity contribution in [3.63, 3.8) is 0 Å². The molecule has 0 aliphatic carbocycles. The summed E-state index contributed by atoms with van der Waals surface area (Å²) >= 11 is 5.79. The number of esters is 1. The van der Waals surface area contributed by atoms with Crippen LogP contribution in [-0.4, -0.2) is 11.6 Å². The Hall–Kier alpha value is -1.49. The third-order valence-corrected chi connectivity index (χ3v) is 2.47. The molecule has 1 rings (SSSR count). The van der Waals surface area contributed by atoms with Gasteiger partial charge in [0.25, 0.3) is 0 Å². The molecule has 0 saturated carbocycles.